The topological polar surface area (TPSA) is 12.0 Å². The Morgan fingerprint density at radius 3 is 2.57 bits per heavy atom. The standard InChI is InChI=1S/C18H22FNS/c1-4-20-18(16-11-14(3)8-9-17(16)19)12-21-15-7-5-6-13(2)10-15/h5-11,18,20H,4,12H2,1-3H3. The lowest BCUT2D eigenvalue weighted by Crippen LogP contribution is -2.24. The number of halogens is 1. The average Bonchev–Trinajstić information content (AvgIpc) is 2.46. The zero-order valence-corrected chi connectivity index (χ0v) is 13.6. The molecule has 112 valence electrons. The Bertz CT molecular complexity index is 598. The molecule has 2 aromatic carbocycles. The van der Waals surface area contributed by atoms with Crippen LogP contribution in [0.1, 0.15) is 29.7 Å². The summed E-state index contributed by atoms with van der Waals surface area (Å²) < 4.78 is 14.1. The second-order valence-electron chi connectivity index (χ2n) is 5.26. The van der Waals surface area contributed by atoms with Crippen molar-refractivity contribution in [2.24, 2.45) is 0 Å². The van der Waals surface area contributed by atoms with E-state index in [-0.39, 0.29) is 11.9 Å². The Balaban J connectivity index is 2.13. The summed E-state index contributed by atoms with van der Waals surface area (Å²) in [4.78, 5) is 1.23. The minimum Gasteiger partial charge on any atom is -0.309 e. The highest BCUT2D eigenvalue weighted by Gasteiger charge is 2.15. The molecule has 1 atom stereocenters. The van der Waals surface area contributed by atoms with Crippen LogP contribution in [0.4, 0.5) is 4.39 Å². The molecular weight excluding hydrogens is 281 g/mol. The average molecular weight is 303 g/mol. The molecule has 0 radical (unpaired) electrons. The van der Waals surface area contributed by atoms with Crippen molar-refractivity contribution in [3.63, 3.8) is 0 Å². The summed E-state index contributed by atoms with van der Waals surface area (Å²) in [7, 11) is 0. The molecule has 1 nitrogen and oxygen atoms in total. The van der Waals surface area contributed by atoms with Gasteiger partial charge in [-0.3, -0.25) is 0 Å². The first-order valence-electron chi connectivity index (χ1n) is 7.29. The molecule has 0 heterocycles. The van der Waals surface area contributed by atoms with Gasteiger partial charge in [0.25, 0.3) is 0 Å². The van der Waals surface area contributed by atoms with Crippen molar-refractivity contribution >= 4 is 11.8 Å². The third kappa shape index (κ3) is 4.58. The fourth-order valence-corrected chi connectivity index (χ4v) is 3.42. The van der Waals surface area contributed by atoms with Crippen molar-refractivity contribution in [3.8, 4) is 0 Å². The fraction of sp³-hybridized carbons (Fsp3) is 0.333. The van der Waals surface area contributed by atoms with Crippen molar-refractivity contribution in [2.45, 2.75) is 31.7 Å². The van der Waals surface area contributed by atoms with E-state index >= 15 is 0 Å². The molecule has 21 heavy (non-hydrogen) atoms. The van der Waals surface area contributed by atoms with E-state index in [0.717, 1.165) is 23.4 Å². The molecule has 1 N–H and O–H groups in total. The van der Waals surface area contributed by atoms with Crippen LogP contribution in [-0.2, 0) is 0 Å². The predicted molar refractivity (Wildman–Crippen MR) is 89.5 cm³/mol. The first-order chi connectivity index (χ1) is 10.1. The fourth-order valence-electron chi connectivity index (χ4n) is 2.32. The minimum atomic E-state index is -0.128. The third-order valence-electron chi connectivity index (χ3n) is 3.38. The normalized spacial score (nSPS) is 12.4. The number of hydrogen-bond donors (Lipinski definition) is 1. The van der Waals surface area contributed by atoms with Gasteiger partial charge in [0.2, 0.25) is 0 Å². The van der Waals surface area contributed by atoms with E-state index in [2.05, 4.69) is 43.4 Å². The van der Waals surface area contributed by atoms with Crippen molar-refractivity contribution in [1.29, 1.82) is 0 Å². The summed E-state index contributed by atoms with van der Waals surface area (Å²) in [6.45, 7) is 6.97. The van der Waals surface area contributed by atoms with E-state index in [1.165, 1.54) is 10.5 Å². The first kappa shape index (κ1) is 16.1. The van der Waals surface area contributed by atoms with Gasteiger partial charge in [0.1, 0.15) is 5.82 Å². The Kier molecular flexibility index (Phi) is 5.83. The maximum Gasteiger partial charge on any atom is 0.128 e. The molecule has 0 amide bonds. The van der Waals surface area contributed by atoms with Gasteiger partial charge in [0.05, 0.1) is 0 Å². The second-order valence-corrected chi connectivity index (χ2v) is 6.36. The monoisotopic (exact) mass is 303 g/mol. The van der Waals surface area contributed by atoms with Crippen LogP contribution in [0.5, 0.6) is 0 Å². The van der Waals surface area contributed by atoms with E-state index in [0.29, 0.717) is 0 Å². The summed E-state index contributed by atoms with van der Waals surface area (Å²) in [5.41, 5.74) is 3.11. The largest absolute Gasteiger partial charge is 0.309 e. The predicted octanol–water partition coefficient (Wildman–Crippen LogP) is 4.89. The number of hydrogen-bond acceptors (Lipinski definition) is 2. The molecule has 0 aliphatic heterocycles. The highest BCUT2D eigenvalue weighted by molar-refractivity contribution is 7.99. The Morgan fingerprint density at radius 2 is 1.86 bits per heavy atom. The zero-order valence-electron chi connectivity index (χ0n) is 12.8. The van der Waals surface area contributed by atoms with Crippen molar-refractivity contribution in [1.82, 2.24) is 5.32 Å². The van der Waals surface area contributed by atoms with Gasteiger partial charge >= 0.3 is 0 Å². The van der Waals surface area contributed by atoms with Crippen molar-refractivity contribution in [3.05, 3.63) is 65.0 Å². The minimum absolute atomic E-state index is 0.0282. The van der Waals surface area contributed by atoms with Crippen LogP contribution in [-0.4, -0.2) is 12.3 Å². The molecule has 0 fully saturated rings. The summed E-state index contributed by atoms with van der Waals surface area (Å²) in [5.74, 6) is 0.689. The number of nitrogens with one attached hydrogen (secondary N) is 1. The molecule has 0 bridgehead atoms. The van der Waals surface area contributed by atoms with Crippen LogP contribution >= 0.6 is 11.8 Å². The summed E-state index contributed by atoms with van der Waals surface area (Å²) in [6, 6.07) is 13.8. The highest BCUT2D eigenvalue weighted by atomic mass is 32.2. The zero-order chi connectivity index (χ0) is 15.2. The van der Waals surface area contributed by atoms with Crippen molar-refractivity contribution in [2.75, 3.05) is 12.3 Å². The molecule has 0 spiro atoms. The lowest BCUT2D eigenvalue weighted by atomic mass is 10.0. The molecule has 1 unspecified atom stereocenters. The quantitative estimate of drug-likeness (QED) is 0.763. The summed E-state index contributed by atoms with van der Waals surface area (Å²) in [6.07, 6.45) is 0. The molecule has 0 saturated heterocycles. The van der Waals surface area contributed by atoms with Crippen LogP contribution in [0.2, 0.25) is 0 Å². The van der Waals surface area contributed by atoms with Crippen LogP contribution < -0.4 is 5.32 Å². The SMILES string of the molecule is CCNC(CSc1cccc(C)c1)c1cc(C)ccc1F. The van der Waals surface area contributed by atoms with E-state index in [1.54, 1.807) is 17.8 Å². The third-order valence-corrected chi connectivity index (χ3v) is 4.47. The lowest BCUT2D eigenvalue weighted by molar-refractivity contribution is 0.545. The molecular formula is C18H22FNS. The van der Waals surface area contributed by atoms with E-state index < -0.39 is 0 Å². The van der Waals surface area contributed by atoms with Crippen LogP contribution in [0.3, 0.4) is 0 Å². The van der Waals surface area contributed by atoms with Gasteiger partial charge in [-0.2, -0.15) is 0 Å². The van der Waals surface area contributed by atoms with Crippen LogP contribution in [0.25, 0.3) is 0 Å². The summed E-state index contributed by atoms with van der Waals surface area (Å²) >= 11 is 1.76. The Labute approximate surface area is 131 Å². The number of rotatable bonds is 6. The van der Waals surface area contributed by atoms with Crippen molar-refractivity contribution < 1.29 is 4.39 Å². The number of benzene rings is 2. The number of thioether (sulfide) groups is 1. The highest BCUT2D eigenvalue weighted by Crippen LogP contribution is 2.27. The maximum atomic E-state index is 14.1. The Morgan fingerprint density at radius 1 is 1.10 bits per heavy atom. The van der Waals surface area contributed by atoms with Crippen LogP contribution in [0, 0.1) is 19.7 Å². The van der Waals surface area contributed by atoms with Gasteiger partial charge in [-0.25, -0.2) is 4.39 Å². The van der Waals surface area contributed by atoms with Crippen LogP contribution in [0.15, 0.2) is 47.4 Å². The lowest BCUT2D eigenvalue weighted by Gasteiger charge is -2.19. The maximum absolute atomic E-state index is 14.1. The molecule has 0 aliphatic carbocycles. The Hall–Kier alpha value is -1.32. The molecule has 0 saturated carbocycles. The molecule has 2 rings (SSSR count). The van der Waals surface area contributed by atoms with Gasteiger partial charge in [-0.1, -0.05) is 42.3 Å². The number of aryl methyl sites for hydroxylation is 2. The van der Waals surface area contributed by atoms with Gasteiger partial charge in [0.15, 0.2) is 0 Å². The summed E-state index contributed by atoms with van der Waals surface area (Å²) in [5, 5.41) is 3.39. The van der Waals surface area contributed by atoms with Gasteiger partial charge in [-0.05, 0) is 38.6 Å². The second kappa shape index (κ2) is 7.62. The van der Waals surface area contributed by atoms with Gasteiger partial charge in [0, 0.05) is 22.3 Å². The van der Waals surface area contributed by atoms with Gasteiger partial charge < -0.3 is 5.32 Å². The van der Waals surface area contributed by atoms with E-state index in [1.807, 2.05) is 19.1 Å². The smallest absolute Gasteiger partial charge is 0.128 e. The first-order valence-corrected chi connectivity index (χ1v) is 8.27. The molecule has 0 aliphatic rings. The van der Waals surface area contributed by atoms with E-state index in [4.69, 9.17) is 0 Å². The van der Waals surface area contributed by atoms with Gasteiger partial charge in [-0.15, -0.1) is 11.8 Å². The molecule has 2 aromatic rings. The molecule has 3 heteroatoms. The molecule has 0 aromatic heterocycles. The van der Waals surface area contributed by atoms with E-state index in [9.17, 15) is 4.39 Å².